The molecule has 0 unspecified atom stereocenters. The van der Waals surface area contributed by atoms with E-state index in [-0.39, 0.29) is 6.29 Å². The summed E-state index contributed by atoms with van der Waals surface area (Å²) in [4.78, 5) is 0. The van der Waals surface area contributed by atoms with Gasteiger partial charge in [0.15, 0.2) is 6.29 Å². The molecule has 4 heteroatoms. The summed E-state index contributed by atoms with van der Waals surface area (Å²) in [6.07, 6.45) is 0.536. The van der Waals surface area contributed by atoms with Crippen LogP contribution in [0.15, 0.2) is 18.2 Å². The summed E-state index contributed by atoms with van der Waals surface area (Å²) in [5, 5.41) is 0.768. The zero-order chi connectivity index (χ0) is 12.0. The Balaban J connectivity index is 2.60. The summed E-state index contributed by atoms with van der Waals surface area (Å²) in [6, 6.07) is 5.61. The second-order valence-corrected chi connectivity index (χ2v) is 3.73. The van der Waals surface area contributed by atoms with Crippen LogP contribution >= 0.6 is 11.6 Å². The lowest BCUT2D eigenvalue weighted by Gasteiger charge is -2.15. The molecule has 90 valence electrons. The molecule has 16 heavy (non-hydrogen) atoms. The maximum atomic E-state index is 6.01. The van der Waals surface area contributed by atoms with Crippen LogP contribution < -0.4 is 4.74 Å². The highest BCUT2D eigenvalue weighted by Crippen LogP contribution is 2.22. The summed E-state index contributed by atoms with van der Waals surface area (Å²) in [6.45, 7) is 2.41. The number of rotatable bonds is 6. The Hall–Kier alpha value is -0.770. The summed E-state index contributed by atoms with van der Waals surface area (Å²) < 4.78 is 15.6. The molecule has 0 spiro atoms. The Morgan fingerprint density at radius 3 is 2.50 bits per heavy atom. The third-order valence-corrected chi connectivity index (χ3v) is 2.68. The second kappa shape index (κ2) is 6.74. The van der Waals surface area contributed by atoms with Crippen LogP contribution in [0.25, 0.3) is 0 Å². The van der Waals surface area contributed by atoms with E-state index in [9.17, 15) is 0 Å². The topological polar surface area (TPSA) is 27.7 Å². The van der Waals surface area contributed by atoms with Crippen LogP contribution in [0.3, 0.4) is 0 Å². The molecule has 0 aliphatic carbocycles. The largest absolute Gasteiger partial charge is 0.488 e. The van der Waals surface area contributed by atoms with Gasteiger partial charge in [-0.05, 0) is 30.2 Å². The summed E-state index contributed by atoms with van der Waals surface area (Å²) in [7, 11) is 3.16. The van der Waals surface area contributed by atoms with Gasteiger partial charge in [-0.1, -0.05) is 18.5 Å². The maximum absolute atomic E-state index is 6.01. The van der Waals surface area contributed by atoms with E-state index >= 15 is 0 Å². The highest BCUT2D eigenvalue weighted by molar-refractivity contribution is 6.31. The van der Waals surface area contributed by atoms with Crippen molar-refractivity contribution in [3.8, 4) is 5.75 Å². The molecule has 0 saturated heterocycles. The van der Waals surface area contributed by atoms with Gasteiger partial charge in [-0.2, -0.15) is 0 Å². The molecule has 3 nitrogen and oxygen atoms in total. The summed E-state index contributed by atoms with van der Waals surface area (Å²) in [5.41, 5.74) is 1.07. The number of benzene rings is 1. The van der Waals surface area contributed by atoms with Crippen molar-refractivity contribution < 1.29 is 14.2 Å². The van der Waals surface area contributed by atoms with Crippen molar-refractivity contribution >= 4 is 11.6 Å². The monoisotopic (exact) mass is 244 g/mol. The van der Waals surface area contributed by atoms with Crippen molar-refractivity contribution in [1.82, 2.24) is 0 Å². The van der Waals surface area contributed by atoms with Crippen LogP contribution in [0.4, 0.5) is 0 Å². The minimum absolute atomic E-state index is 0.347. The minimum atomic E-state index is -0.347. The number of ether oxygens (including phenoxy) is 3. The second-order valence-electron chi connectivity index (χ2n) is 3.32. The van der Waals surface area contributed by atoms with Gasteiger partial charge in [0.05, 0.1) is 0 Å². The smallest absolute Gasteiger partial charge is 0.191 e. The van der Waals surface area contributed by atoms with Crippen molar-refractivity contribution in [3.05, 3.63) is 28.8 Å². The third-order valence-electron chi connectivity index (χ3n) is 2.31. The number of aryl methyl sites for hydroxylation is 1. The minimum Gasteiger partial charge on any atom is -0.488 e. The summed E-state index contributed by atoms with van der Waals surface area (Å²) in [5.74, 6) is 0.778. The average molecular weight is 245 g/mol. The molecule has 1 rings (SSSR count). The van der Waals surface area contributed by atoms with E-state index in [2.05, 4.69) is 6.92 Å². The maximum Gasteiger partial charge on any atom is 0.191 e. The lowest BCUT2D eigenvalue weighted by atomic mass is 10.1. The number of methoxy groups -OCH3 is 2. The first-order chi connectivity index (χ1) is 7.71. The highest BCUT2D eigenvalue weighted by atomic mass is 35.5. The average Bonchev–Trinajstić information content (AvgIpc) is 2.32. The Bertz CT molecular complexity index is 324. The third kappa shape index (κ3) is 3.67. The van der Waals surface area contributed by atoms with Crippen molar-refractivity contribution in [1.29, 1.82) is 0 Å². The SMILES string of the molecule is CCc1cc(OCC(OC)OC)ccc1Cl. The van der Waals surface area contributed by atoms with Crippen molar-refractivity contribution in [2.75, 3.05) is 20.8 Å². The predicted octanol–water partition coefficient (Wildman–Crippen LogP) is 2.90. The Morgan fingerprint density at radius 1 is 1.25 bits per heavy atom. The van der Waals surface area contributed by atoms with Crippen LogP contribution in [0.5, 0.6) is 5.75 Å². The lowest BCUT2D eigenvalue weighted by Crippen LogP contribution is -2.22. The lowest BCUT2D eigenvalue weighted by molar-refractivity contribution is -0.121. The van der Waals surface area contributed by atoms with Gasteiger partial charge < -0.3 is 14.2 Å². The van der Waals surface area contributed by atoms with Gasteiger partial charge in [-0.15, -0.1) is 0 Å². The van der Waals surface area contributed by atoms with E-state index in [4.69, 9.17) is 25.8 Å². The first-order valence-electron chi connectivity index (χ1n) is 5.18. The fraction of sp³-hybridized carbons (Fsp3) is 0.500. The van der Waals surface area contributed by atoms with Crippen LogP contribution in [-0.4, -0.2) is 27.1 Å². The van der Waals surface area contributed by atoms with Gasteiger partial charge in [0.25, 0.3) is 0 Å². The predicted molar refractivity (Wildman–Crippen MR) is 64.1 cm³/mol. The quantitative estimate of drug-likeness (QED) is 0.721. The first kappa shape index (κ1) is 13.3. The molecule has 0 fully saturated rings. The number of halogens is 1. The van der Waals surface area contributed by atoms with Crippen molar-refractivity contribution in [2.45, 2.75) is 19.6 Å². The Labute approximate surface area is 101 Å². The van der Waals surface area contributed by atoms with E-state index < -0.39 is 0 Å². The van der Waals surface area contributed by atoms with E-state index in [1.807, 2.05) is 18.2 Å². The normalized spacial score (nSPS) is 10.8. The molecule has 0 saturated carbocycles. The van der Waals surface area contributed by atoms with E-state index in [0.29, 0.717) is 6.61 Å². The van der Waals surface area contributed by atoms with Gasteiger partial charge in [0.1, 0.15) is 12.4 Å². The fourth-order valence-electron chi connectivity index (χ4n) is 1.31. The molecule has 0 atom stereocenters. The molecular weight excluding hydrogens is 228 g/mol. The molecule has 1 aromatic rings. The van der Waals surface area contributed by atoms with Gasteiger partial charge in [-0.3, -0.25) is 0 Å². The van der Waals surface area contributed by atoms with Gasteiger partial charge >= 0.3 is 0 Å². The molecule has 1 aromatic carbocycles. The molecule has 0 aromatic heterocycles. The van der Waals surface area contributed by atoms with Crippen LogP contribution in [0.1, 0.15) is 12.5 Å². The Morgan fingerprint density at radius 2 is 1.94 bits per heavy atom. The van der Waals surface area contributed by atoms with Gasteiger partial charge in [0.2, 0.25) is 0 Å². The molecule has 0 N–H and O–H groups in total. The molecule has 0 radical (unpaired) electrons. The molecule has 0 bridgehead atoms. The fourth-order valence-corrected chi connectivity index (χ4v) is 1.56. The van der Waals surface area contributed by atoms with Crippen LogP contribution in [-0.2, 0) is 15.9 Å². The summed E-state index contributed by atoms with van der Waals surface area (Å²) >= 11 is 6.01. The van der Waals surface area contributed by atoms with Crippen molar-refractivity contribution in [2.24, 2.45) is 0 Å². The molecule has 0 amide bonds. The molecular formula is C12H17ClO3. The Kier molecular flexibility index (Phi) is 5.60. The zero-order valence-corrected chi connectivity index (χ0v) is 10.6. The zero-order valence-electron chi connectivity index (χ0n) is 9.83. The number of hydrogen-bond donors (Lipinski definition) is 0. The van der Waals surface area contributed by atoms with E-state index in [1.165, 1.54) is 0 Å². The standard InChI is InChI=1S/C12H17ClO3/c1-4-9-7-10(5-6-11(9)13)16-8-12(14-2)15-3/h5-7,12H,4,8H2,1-3H3. The molecule has 0 aliphatic heterocycles. The van der Waals surface area contributed by atoms with Gasteiger partial charge in [-0.25, -0.2) is 0 Å². The van der Waals surface area contributed by atoms with Crippen LogP contribution in [0, 0.1) is 0 Å². The molecule has 0 aliphatic rings. The highest BCUT2D eigenvalue weighted by Gasteiger charge is 2.07. The molecule has 0 heterocycles. The van der Waals surface area contributed by atoms with E-state index in [0.717, 1.165) is 22.8 Å². The van der Waals surface area contributed by atoms with E-state index in [1.54, 1.807) is 14.2 Å². The van der Waals surface area contributed by atoms with Crippen LogP contribution in [0.2, 0.25) is 5.02 Å². The first-order valence-corrected chi connectivity index (χ1v) is 5.55. The van der Waals surface area contributed by atoms with Crippen molar-refractivity contribution in [3.63, 3.8) is 0 Å². The number of hydrogen-bond acceptors (Lipinski definition) is 3. The van der Waals surface area contributed by atoms with Gasteiger partial charge in [0, 0.05) is 19.2 Å².